The number of likely N-dealkylation sites (tertiary alicyclic amines) is 1. The summed E-state index contributed by atoms with van der Waals surface area (Å²) >= 11 is 0. The molecule has 3 aliphatic rings. The van der Waals surface area contributed by atoms with Crippen LogP contribution in [0.2, 0.25) is 0 Å². The van der Waals surface area contributed by atoms with E-state index in [1.54, 1.807) is 26.1 Å². The average molecular weight is 576 g/mol. The van der Waals surface area contributed by atoms with E-state index in [1.807, 2.05) is 13.8 Å². The second-order valence-corrected chi connectivity index (χ2v) is 13.5. The highest BCUT2D eigenvalue weighted by atomic mass is 19.4. The Morgan fingerprint density at radius 1 is 1.12 bits per heavy atom. The molecule has 0 radical (unpaired) electrons. The third kappa shape index (κ3) is 6.63. The van der Waals surface area contributed by atoms with Crippen molar-refractivity contribution in [2.75, 3.05) is 19.6 Å². The van der Waals surface area contributed by atoms with Crippen LogP contribution in [0.1, 0.15) is 61.8 Å². The monoisotopic (exact) mass is 575 g/mol. The lowest BCUT2D eigenvalue weighted by Crippen LogP contribution is -2.62. The van der Waals surface area contributed by atoms with Crippen molar-refractivity contribution in [2.45, 2.75) is 85.7 Å². The molecular weight excluding hydrogens is 535 g/mol. The molecule has 3 rings (SSSR count). The fraction of sp³-hybridized carbons (Fsp3) is 0.808. The quantitative estimate of drug-likeness (QED) is 0.429. The molecule has 0 aromatic heterocycles. The Bertz CT molecular complexity index is 1060. The lowest BCUT2D eigenvalue weighted by Gasteiger charge is -2.38. The molecule has 0 unspecified atom stereocenters. The highest BCUT2D eigenvalue weighted by Crippen LogP contribution is 2.65. The number of hydrazine groups is 1. The van der Waals surface area contributed by atoms with E-state index in [4.69, 9.17) is 4.74 Å². The van der Waals surface area contributed by atoms with E-state index in [-0.39, 0.29) is 36.2 Å². The number of nitrogens with zero attached hydrogens (tertiary/aromatic N) is 2. The van der Waals surface area contributed by atoms with Gasteiger partial charge in [-0.3, -0.25) is 24.6 Å². The molecule has 0 aromatic carbocycles. The van der Waals surface area contributed by atoms with Gasteiger partial charge in [0, 0.05) is 13.1 Å². The Labute approximate surface area is 231 Å². The molecule has 5 amide bonds. The van der Waals surface area contributed by atoms with E-state index >= 15 is 0 Å². The van der Waals surface area contributed by atoms with Crippen molar-refractivity contribution in [3.8, 4) is 0 Å². The Balaban J connectivity index is 1.88. The fourth-order valence-corrected chi connectivity index (χ4v) is 5.56. The fourth-order valence-electron chi connectivity index (χ4n) is 5.56. The van der Waals surface area contributed by atoms with E-state index in [2.05, 4.69) is 10.7 Å². The molecule has 1 aliphatic carbocycles. The number of piperidine rings is 1. The lowest BCUT2D eigenvalue weighted by atomic mass is 9.85. The Hall–Kier alpha value is -3.06. The van der Waals surface area contributed by atoms with Gasteiger partial charge >= 0.3 is 18.2 Å². The van der Waals surface area contributed by atoms with Crippen LogP contribution < -0.4 is 16.1 Å². The van der Waals surface area contributed by atoms with Gasteiger partial charge in [-0.25, -0.2) is 9.80 Å². The van der Waals surface area contributed by atoms with Gasteiger partial charge in [0.15, 0.2) is 0 Å². The first-order chi connectivity index (χ1) is 18.1. The first kappa shape index (κ1) is 31.5. The summed E-state index contributed by atoms with van der Waals surface area (Å²) in [6, 6.07) is -2.69. The highest BCUT2D eigenvalue weighted by molar-refractivity contribution is 5.95. The van der Waals surface area contributed by atoms with E-state index in [9.17, 15) is 37.1 Å². The maximum atomic E-state index is 13.8. The minimum Gasteiger partial charge on any atom is -0.442 e. The number of rotatable bonds is 5. The second-order valence-electron chi connectivity index (χ2n) is 13.5. The number of hydrogen-bond acceptors (Lipinski definition) is 6. The van der Waals surface area contributed by atoms with E-state index < -0.39 is 59.0 Å². The summed E-state index contributed by atoms with van der Waals surface area (Å²) in [5.74, 6) is -5.12. The third-order valence-corrected chi connectivity index (χ3v) is 7.83. The summed E-state index contributed by atoms with van der Waals surface area (Å²) < 4.78 is 44.6. The predicted octanol–water partition coefficient (Wildman–Crippen LogP) is 1.97. The Morgan fingerprint density at radius 2 is 1.73 bits per heavy atom. The first-order valence-corrected chi connectivity index (χ1v) is 13.3. The molecule has 0 bridgehead atoms. The van der Waals surface area contributed by atoms with Gasteiger partial charge in [-0.1, -0.05) is 34.6 Å². The van der Waals surface area contributed by atoms with E-state index in [0.29, 0.717) is 13.0 Å². The molecule has 226 valence electrons. The van der Waals surface area contributed by atoms with Crippen molar-refractivity contribution < 1.29 is 41.9 Å². The van der Waals surface area contributed by atoms with Crippen LogP contribution in [0.3, 0.4) is 0 Å². The molecule has 40 heavy (non-hydrogen) atoms. The molecule has 1 saturated carbocycles. The van der Waals surface area contributed by atoms with Crippen molar-refractivity contribution in [1.82, 2.24) is 26.0 Å². The maximum absolute atomic E-state index is 13.8. The molecule has 2 heterocycles. The number of amides is 5. The van der Waals surface area contributed by atoms with Gasteiger partial charge in [-0.05, 0) is 49.9 Å². The molecule has 14 heteroatoms. The zero-order valence-corrected chi connectivity index (χ0v) is 24.2. The molecule has 0 spiro atoms. The summed E-state index contributed by atoms with van der Waals surface area (Å²) in [6.07, 6.45) is -5.66. The molecule has 5 atom stereocenters. The van der Waals surface area contributed by atoms with Gasteiger partial charge in [0.1, 0.15) is 17.7 Å². The highest BCUT2D eigenvalue weighted by Gasteiger charge is 2.70. The zero-order chi connectivity index (χ0) is 30.6. The summed E-state index contributed by atoms with van der Waals surface area (Å²) in [4.78, 5) is 65.6. The van der Waals surface area contributed by atoms with Gasteiger partial charge in [0.25, 0.3) is 5.91 Å². The van der Waals surface area contributed by atoms with Gasteiger partial charge in [-0.2, -0.15) is 13.2 Å². The third-order valence-electron chi connectivity index (χ3n) is 7.83. The number of carbonyl (C=O) groups is 5. The molecule has 2 aliphatic heterocycles. The zero-order valence-electron chi connectivity index (χ0n) is 24.2. The van der Waals surface area contributed by atoms with E-state index in [1.165, 1.54) is 25.7 Å². The number of hydrogen-bond donors (Lipinski definition) is 3. The van der Waals surface area contributed by atoms with Crippen LogP contribution in [0.15, 0.2) is 0 Å². The number of halogens is 3. The van der Waals surface area contributed by atoms with Crippen LogP contribution >= 0.6 is 0 Å². The first-order valence-electron chi connectivity index (χ1n) is 13.3. The summed E-state index contributed by atoms with van der Waals surface area (Å²) in [5, 5.41) is 5.40. The Kier molecular flexibility index (Phi) is 8.18. The second kappa shape index (κ2) is 10.4. The SMILES string of the molecule is CC(C)(C)OC(=O)N(C[C@@H]1CCNC1=O)NC(=O)[C@@H]1[C@@H]2[C@H](CN1C(=O)[C@@H](NC(=O)C(F)(F)F)C(C)(C)C)C2(C)C. The van der Waals surface area contributed by atoms with Crippen LogP contribution in [-0.4, -0.2) is 83.1 Å². The minimum absolute atomic E-state index is 0.0977. The van der Waals surface area contributed by atoms with Crippen molar-refractivity contribution in [3.05, 3.63) is 0 Å². The summed E-state index contributed by atoms with van der Waals surface area (Å²) in [6.45, 7) is 13.7. The minimum atomic E-state index is -5.20. The van der Waals surface area contributed by atoms with E-state index in [0.717, 1.165) is 5.01 Å². The number of carbonyl (C=O) groups excluding carboxylic acids is 5. The molecular formula is C26H40F3N5O6. The van der Waals surface area contributed by atoms with Crippen LogP contribution in [0.5, 0.6) is 0 Å². The van der Waals surface area contributed by atoms with Crippen molar-refractivity contribution in [1.29, 1.82) is 0 Å². The predicted molar refractivity (Wildman–Crippen MR) is 136 cm³/mol. The van der Waals surface area contributed by atoms with Crippen molar-refractivity contribution in [3.63, 3.8) is 0 Å². The van der Waals surface area contributed by atoms with Crippen LogP contribution in [0.4, 0.5) is 18.0 Å². The van der Waals surface area contributed by atoms with Crippen LogP contribution in [0.25, 0.3) is 0 Å². The normalized spacial score (nSPS) is 26.4. The number of nitrogens with one attached hydrogen (secondary N) is 3. The topological polar surface area (TPSA) is 137 Å². The van der Waals surface area contributed by atoms with Crippen molar-refractivity contribution >= 4 is 29.7 Å². The smallest absolute Gasteiger partial charge is 0.442 e. The van der Waals surface area contributed by atoms with Gasteiger partial charge in [-0.15, -0.1) is 0 Å². The van der Waals surface area contributed by atoms with Gasteiger partial charge in [0.05, 0.1) is 12.5 Å². The average Bonchev–Trinajstić information content (AvgIpc) is 3.14. The number of ether oxygens (including phenoxy) is 1. The largest absolute Gasteiger partial charge is 0.471 e. The molecule has 2 saturated heterocycles. The van der Waals surface area contributed by atoms with Crippen molar-refractivity contribution in [2.24, 2.45) is 28.6 Å². The van der Waals surface area contributed by atoms with Crippen LogP contribution in [0, 0.1) is 28.6 Å². The summed E-state index contributed by atoms with van der Waals surface area (Å²) in [7, 11) is 0. The lowest BCUT2D eigenvalue weighted by molar-refractivity contribution is -0.176. The summed E-state index contributed by atoms with van der Waals surface area (Å²) in [5.41, 5.74) is 0.169. The molecule has 3 N–H and O–H groups in total. The van der Waals surface area contributed by atoms with Gasteiger partial charge in [0.2, 0.25) is 11.8 Å². The number of alkyl halides is 3. The maximum Gasteiger partial charge on any atom is 0.471 e. The number of fused-ring (bicyclic) bond motifs is 1. The Morgan fingerprint density at radius 3 is 2.20 bits per heavy atom. The van der Waals surface area contributed by atoms with Gasteiger partial charge < -0.3 is 20.3 Å². The standard InChI is InChI=1S/C26H40F3N5O6/c1-23(2,3)17(31-21(38)26(27,28)29)20(37)33-12-14-15(25(14,7)8)16(33)19(36)32-34(22(39)40-24(4,5)6)11-13-9-10-30-18(13)35/h13-17H,9-12H2,1-8H3,(H,30,35)(H,31,38)(H,32,36)/t13-,14-,15-,16-,17+/m0/s1. The molecule has 3 fully saturated rings. The molecule has 11 nitrogen and oxygen atoms in total. The van der Waals surface area contributed by atoms with Crippen LogP contribution in [-0.2, 0) is 23.9 Å². The molecule has 0 aromatic rings.